The number of nitrogens with one attached hydrogen (secondary N) is 1. The molecule has 6 nitrogen and oxygen atoms in total. The van der Waals surface area contributed by atoms with Gasteiger partial charge in [-0.15, -0.1) is 0 Å². The molecule has 7 heteroatoms. The number of hydrogen-bond acceptors (Lipinski definition) is 4. The van der Waals surface area contributed by atoms with Crippen molar-refractivity contribution in [3.63, 3.8) is 0 Å². The van der Waals surface area contributed by atoms with Crippen LogP contribution in [0.2, 0.25) is 0 Å². The Kier molecular flexibility index (Phi) is 3.65. The highest BCUT2D eigenvalue weighted by Crippen LogP contribution is 2.17. The molecular formula is C16H15N3O3S. The Balaban J connectivity index is 2.21. The lowest BCUT2D eigenvalue weighted by atomic mass is 10.2. The van der Waals surface area contributed by atoms with Crippen molar-refractivity contribution in [2.24, 2.45) is 0 Å². The van der Waals surface area contributed by atoms with Crippen LogP contribution in [0.5, 0.6) is 0 Å². The Labute approximate surface area is 133 Å². The van der Waals surface area contributed by atoms with Gasteiger partial charge in [0.25, 0.3) is 5.56 Å². The molecule has 0 saturated heterocycles. The summed E-state index contributed by atoms with van der Waals surface area (Å²) in [7, 11) is -3.38. The summed E-state index contributed by atoms with van der Waals surface area (Å²) in [5.74, 6) is 0.533. The zero-order chi connectivity index (χ0) is 16.6. The summed E-state index contributed by atoms with van der Waals surface area (Å²) in [6, 6.07) is 13.8. The van der Waals surface area contributed by atoms with Crippen LogP contribution in [0.1, 0.15) is 5.82 Å². The van der Waals surface area contributed by atoms with Crippen molar-refractivity contribution >= 4 is 26.6 Å². The zero-order valence-corrected chi connectivity index (χ0v) is 13.5. The highest BCUT2D eigenvalue weighted by atomic mass is 32.2. The molecule has 0 spiro atoms. The molecule has 0 aliphatic carbocycles. The summed E-state index contributed by atoms with van der Waals surface area (Å²) in [4.78, 5) is 17.2. The number of para-hydroxylation sites is 1. The van der Waals surface area contributed by atoms with Crippen molar-refractivity contribution in [2.75, 3.05) is 11.0 Å². The van der Waals surface area contributed by atoms with E-state index in [4.69, 9.17) is 0 Å². The van der Waals surface area contributed by atoms with Gasteiger partial charge >= 0.3 is 0 Å². The molecule has 0 aliphatic heterocycles. The minimum atomic E-state index is -3.38. The summed E-state index contributed by atoms with van der Waals surface area (Å²) >= 11 is 0. The first-order chi connectivity index (χ1) is 10.8. The minimum absolute atomic E-state index is 0.190. The van der Waals surface area contributed by atoms with Crippen LogP contribution in [-0.2, 0) is 10.0 Å². The molecule has 118 valence electrons. The molecule has 1 aromatic heterocycles. The molecule has 0 atom stereocenters. The maximum atomic E-state index is 12.7. The predicted molar refractivity (Wildman–Crippen MR) is 90.5 cm³/mol. The number of rotatable bonds is 3. The quantitative estimate of drug-likeness (QED) is 0.797. The van der Waals surface area contributed by atoms with Crippen LogP contribution < -0.4 is 10.3 Å². The smallest absolute Gasteiger partial charge is 0.265 e. The molecule has 1 heterocycles. The molecule has 0 radical (unpaired) electrons. The largest absolute Gasteiger partial charge is 0.284 e. The van der Waals surface area contributed by atoms with Crippen LogP contribution in [0.15, 0.2) is 53.3 Å². The Bertz CT molecular complexity index is 1060. The van der Waals surface area contributed by atoms with Gasteiger partial charge in [-0.1, -0.05) is 18.2 Å². The lowest BCUT2D eigenvalue weighted by Gasteiger charge is -2.12. The molecule has 0 unspecified atom stereocenters. The number of sulfonamides is 1. The highest BCUT2D eigenvalue weighted by Gasteiger charge is 2.10. The highest BCUT2D eigenvalue weighted by molar-refractivity contribution is 7.92. The van der Waals surface area contributed by atoms with Crippen LogP contribution in [0.25, 0.3) is 16.6 Å². The van der Waals surface area contributed by atoms with Crippen LogP contribution in [0, 0.1) is 6.92 Å². The lowest BCUT2D eigenvalue weighted by Crippen LogP contribution is -2.22. The third-order valence-corrected chi connectivity index (χ3v) is 3.96. The standard InChI is InChI=1S/C16H15N3O3S/c1-11-17-15-9-4-3-8-14(15)16(20)19(11)13-7-5-6-12(10-13)18-23(2,21)22/h3-10,18H,1-2H3. The van der Waals surface area contributed by atoms with Crippen molar-refractivity contribution in [1.29, 1.82) is 0 Å². The van der Waals surface area contributed by atoms with Crippen molar-refractivity contribution < 1.29 is 8.42 Å². The fourth-order valence-corrected chi connectivity index (χ4v) is 3.03. The van der Waals surface area contributed by atoms with Gasteiger partial charge in [-0.25, -0.2) is 13.4 Å². The van der Waals surface area contributed by atoms with E-state index in [-0.39, 0.29) is 5.56 Å². The van der Waals surface area contributed by atoms with Gasteiger partial charge in [-0.3, -0.25) is 14.1 Å². The molecule has 0 bridgehead atoms. The van der Waals surface area contributed by atoms with Gasteiger partial charge < -0.3 is 0 Å². The summed E-state index contributed by atoms with van der Waals surface area (Å²) in [5, 5.41) is 0.513. The second-order valence-corrected chi connectivity index (χ2v) is 6.99. The molecule has 2 aromatic carbocycles. The SMILES string of the molecule is Cc1nc2ccccc2c(=O)n1-c1cccc(NS(C)(=O)=O)c1. The Morgan fingerprint density at radius 3 is 2.57 bits per heavy atom. The summed E-state index contributed by atoms with van der Waals surface area (Å²) in [6.45, 7) is 1.74. The normalized spacial score (nSPS) is 11.6. The van der Waals surface area contributed by atoms with E-state index in [1.54, 1.807) is 49.4 Å². The van der Waals surface area contributed by atoms with E-state index in [9.17, 15) is 13.2 Å². The molecule has 3 aromatic rings. The second-order valence-electron chi connectivity index (χ2n) is 5.24. The van der Waals surface area contributed by atoms with Gasteiger partial charge in [0.15, 0.2) is 0 Å². The van der Waals surface area contributed by atoms with Gasteiger partial charge in [-0.2, -0.15) is 0 Å². The van der Waals surface area contributed by atoms with Crippen molar-refractivity contribution in [2.45, 2.75) is 6.92 Å². The van der Waals surface area contributed by atoms with Crippen LogP contribution in [-0.4, -0.2) is 24.2 Å². The van der Waals surface area contributed by atoms with E-state index in [0.29, 0.717) is 28.1 Å². The average Bonchev–Trinajstić information content (AvgIpc) is 2.46. The average molecular weight is 329 g/mol. The first kappa shape index (κ1) is 15.2. The van der Waals surface area contributed by atoms with E-state index in [1.165, 1.54) is 4.57 Å². The lowest BCUT2D eigenvalue weighted by molar-refractivity contribution is 0.607. The topological polar surface area (TPSA) is 81.1 Å². The Hall–Kier alpha value is -2.67. The monoisotopic (exact) mass is 329 g/mol. The number of benzene rings is 2. The van der Waals surface area contributed by atoms with E-state index in [1.807, 2.05) is 6.07 Å². The van der Waals surface area contributed by atoms with Gasteiger partial charge in [-0.05, 0) is 37.3 Å². The Morgan fingerprint density at radius 2 is 1.83 bits per heavy atom. The van der Waals surface area contributed by atoms with E-state index in [2.05, 4.69) is 9.71 Å². The molecule has 1 N–H and O–H groups in total. The zero-order valence-electron chi connectivity index (χ0n) is 12.6. The first-order valence-electron chi connectivity index (χ1n) is 6.92. The molecule has 0 aliphatic rings. The number of aromatic nitrogens is 2. The minimum Gasteiger partial charge on any atom is -0.284 e. The van der Waals surface area contributed by atoms with Crippen molar-refractivity contribution in [3.05, 3.63) is 64.7 Å². The van der Waals surface area contributed by atoms with Gasteiger partial charge in [0.1, 0.15) is 5.82 Å². The van der Waals surface area contributed by atoms with Crippen molar-refractivity contribution in [3.8, 4) is 5.69 Å². The third-order valence-electron chi connectivity index (χ3n) is 3.35. The number of hydrogen-bond donors (Lipinski definition) is 1. The number of nitrogens with zero attached hydrogens (tertiary/aromatic N) is 2. The van der Waals surface area contributed by atoms with E-state index >= 15 is 0 Å². The molecular weight excluding hydrogens is 314 g/mol. The van der Waals surface area contributed by atoms with E-state index < -0.39 is 10.0 Å². The first-order valence-corrected chi connectivity index (χ1v) is 8.81. The van der Waals surface area contributed by atoms with Crippen LogP contribution >= 0.6 is 0 Å². The van der Waals surface area contributed by atoms with Crippen LogP contribution in [0.4, 0.5) is 5.69 Å². The molecule has 3 rings (SSSR count). The molecule has 0 fully saturated rings. The summed E-state index contributed by atoms with van der Waals surface area (Å²) < 4.78 is 26.6. The number of anilines is 1. The fourth-order valence-electron chi connectivity index (χ4n) is 2.47. The molecule has 23 heavy (non-hydrogen) atoms. The Morgan fingerprint density at radius 1 is 1.09 bits per heavy atom. The molecule has 0 saturated carbocycles. The maximum Gasteiger partial charge on any atom is 0.265 e. The van der Waals surface area contributed by atoms with E-state index in [0.717, 1.165) is 6.26 Å². The summed E-state index contributed by atoms with van der Waals surface area (Å²) in [5.41, 5.74) is 1.39. The molecule has 0 amide bonds. The maximum absolute atomic E-state index is 12.7. The van der Waals surface area contributed by atoms with Crippen LogP contribution in [0.3, 0.4) is 0 Å². The van der Waals surface area contributed by atoms with Gasteiger partial charge in [0, 0.05) is 0 Å². The van der Waals surface area contributed by atoms with Crippen molar-refractivity contribution in [1.82, 2.24) is 9.55 Å². The fraction of sp³-hybridized carbons (Fsp3) is 0.125. The predicted octanol–water partition coefficient (Wildman–Crippen LogP) is 2.07. The number of aryl methyl sites for hydroxylation is 1. The third kappa shape index (κ3) is 3.09. The second kappa shape index (κ2) is 5.51. The van der Waals surface area contributed by atoms with Gasteiger partial charge in [0.05, 0.1) is 28.5 Å². The number of fused-ring (bicyclic) bond motifs is 1. The summed E-state index contributed by atoms with van der Waals surface area (Å²) in [6.07, 6.45) is 1.08. The van der Waals surface area contributed by atoms with Gasteiger partial charge in [0.2, 0.25) is 10.0 Å².